The second-order valence-electron chi connectivity index (χ2n) is 5.98. The molecule has 1 aromatic heterocycles. The zero-order valence-electron chi connectivity index (χ0n) is 13.7. The van der Waals surface area contributed by atoms with Gasteiger partial charge in [0.05, 0.1) is 7.11 Å². The van der Waals surface area contributed by atoms with Crippen molar-refractivity contribution in [3.05, 3.63) is 46.2 Å². The van der Waals surface area contributed by atoms with Gasteiger partial charge in [-0.05, 0) is 12.8 Å². The summed E-state index contributed by atoms with van der Waals surface area (Å²) in [4.78, 5) is 31.6. The van der Waals surface area contributed by atoms with Crippen molar-refractivity contribution in [1.82, 2.24) is 9.97 Å². The maximum Gasteiger partial charge on any atom is 0.347 e. The summed E-state index contributed by atoms with van der Waals surface area (Å²) >= 11 is 0. The van der Waals surface area contributed by atoms with Crippen LogP contribution in [0.15, 0.2) is 35.1 Å². The Kier molecular flexibility index (Phi) is 4.93. The van der Waals surface area contributed by atoms with E-state index in [2.05, 4.69) is 15.3 Å². The van der Waals surface area contributed by atoms with Gasteiger partial charge in [-0.15, -0.1) is 0 Å². The number of esters is 1. The molecule has 0 radical (unpaired) electrons. The smallest absolute Gasteiger partial charge is 0.347 e. The first-order valence-electron chi connectivity index (χ1n) is 8.23. The Hall–Kier alpha value is -2.63. The highest BCUT2D eigenvalue weighted by atomic mass is 16.5. The summed E-state index contributed by atoms with van der Waals surface area (Å²) < 4.78 is 4.75. The lowest BCUT2D eigenvalue weighted by atomic mass is 9.95. The van der Waals surface area contributed by atoms with E-state index in [0.717, 1.165) is 31.2 Å². The molecule has 0 aliphatic heterocycles. The van der Waals surface area contributed by atoms with E-state index in [9.17, 15) is 9.59 Å². The number of hydrogen-bond donors (Lipinski definition) is 2. The number of carbonyl (C=O) groups is 1. The van der Waals surface area contributed by atoms with Crippen LogP contribution in [0.5, 0.6) is 0 Å². The first-order chi connectivity index (χ1) is 11.7. The van der Waals surface area contributed by atoms with Crippen LogP contribution in [0.2, 0.25) is 0 Å². The van der Waals surface area contributed by atoms with Crippen LogP contribution in [0, 0.1) is 0 Å². The highest BCUT2D eigenvalue weighted by molar-refractivity contribution is 5.94. The van der Waals surface area contributed by atoms with Crippen LogP contribution in [0.1, 0.15) is 42.5 Å². The second-order valence-corrected chi connectivity index (χ2v) is 5.98. The first kappa shape index (κ1) is 16.2. The molecule has 1 heterocycles. The monoisotopic (exact) mass is 327 g/mol. The molecule has 1 aromatic carbocycles. The number of rotatable bonds is 4. The molecule has 1 fully saturated rings. The van der Waals surface area contributed by atoms with Crippen molar-refractivity contribution in [1.29, 1.82) is 0 Å². The van der Waals surface area contributed by atoms with E-state index in [-0.39, 0.29) is 11.6 Å². The molecule has 1 aliphatic carbocycles. The molecular formula is C18H21N3O3. The summed E-state index contributed by atoms with van der Waals surface area (Å²) in [5, 5.41) is 3.28. The molecular weight excluding hydrogens is 306 g/mol. The molecule has 1 saturated carbocycles. The number of benzene rings is 1. The summed E-state index contributed by atoms with van der Waals surface area (Å²) in [5.41, 5.74) is 0.231. The molecule has 0 amide bonds. The third-order valence-electron chi connectivity index (χ3n) is 4.30. The number of ether oxygens (including phenoxy) is 1. The van der Waals surface area contributed by atoms with Gasteiger partial charge in [-0.1, -0.05) is 49.6 Å². The molecule has 1 aliphatic rings. The summed E-state index contributed by atoms with van der Waals surface area (Å²) in [6.45, 7) is 0. The average molecular weight is 327 g/mol. The van der Waals surface area contributed by atoms with Crippen molar-refractivity contribution in [2.45, 2.75) is 38.1 Å². The van der Waals surface area contributed by atoms with Gasteiger partial charge in [-0.3, -0.25) is 4.79 Å². The van der Waals surface area contributed by atoms with Gasteiger partial charge in [0.2, 0.25) is 0 Å². The minimum absolute atomic E-state index is 0.0669. The zero-order valence-corrected chi connectivity index (χ0v) is 13.7. The minimum atomic E-state index is -0.679. The Bertz CT molecular complexity index is 765. The normalized spacial score (nSPS) is 15.0. The van der Waals surface area contributed by atoms with Crippen LogP contribution in [0.3, 0.4) is 0 Å². The van der Waals surface area contributed by atoms with Crippen molar-refractivity contribution in [2.24, 2.45) is 0 Å². The maximum atomic E-state index is 12.4. The van der Waals surface area contributed by atoms with Crippen LogP contribution in [-0.4, -0.2) is 29.1 Å². The fraction of sp³-hybridized carbons (Fsp3) is 0.389. The third kappa shape index (κ3) is 3.48. The number of aromatic amines is 1. The van der Waals surface area contributed by atoms with Crippen molar-refractivity contribution >= 4 is 11.8 Å². The van der Waals surface area contributed by atoms with Crippen molar-refractivity contribution < 1.29 is 9.53 Å². The maximum absolute atomic E-state index is 12.4. The second kappa shape index (κ2) is 7.29. The number of nitrogens with one attached hydrogen (secondary N) is 2. The van der Waals surface area contributed by atoms with Gasteiger partial charge >= 0.3 is 5.97 Å². The van der Waals surface area contributed by atoms with E-state index in [1.54, 1.807) is 0 Å². The predicted octanol–water partition coefficient (Wildman–Crippen LogP) is 2.97. The molecule has 0 unspecified atom stereocenters. The largest absolute Gasteiger partial charge is 0.465 e. The van der Waals surface area contributed by atoms with Gasteiger partial charge < -0.3 is 15.0 Å². The predicted molar refractivity (Wildman–Crippen MR) is 92.1 cm³/mol. The van der Waals surface area contributed by atoms with Crippen LogP contribution >= 0.6 is 0 Å². The number of carbonyl (C=O) groups excluding carboxylic acids is 1. The van der Waals surface area contributed by atoms with Gasteiger partial charge in [0.1, 0.15) is 11.6 Å². The van der Waals surface area contributed by atoms with Gasteiger partial charge in [-0.2, -0.15) is 0 Å². The Labute approximate surface area is 140 Å². The van der Waals surface area contributed by atoms with Crippen LogP contribution < -0.4 is 10.9 Å². The Morgan fingerprint density at radius 2 is 1.92 bits per heavy atom. The van der Waals surface area contributed by atoms with Crippen LogP contribution in [0.25, 0.3) is 11.4 Å². The van der Waals surface area contributed by atoms with Gasteiger partial charge in [-0.25, -0.2) is 9.78 Å². The number of aromatic nitrogens is 2. The first-order valence-corrected chi connectivity index (χ1v) is 8.23. The lowest BCUT2D eigenvalue weighted by molar-refractivity contribution is 0.0599. The number of anilines is 1. The molecule has 0 atom stereocenters. The topological polar surface area (TPSA) is 84.1 Å². The number of nitrogens with zero attached hydrogens (tertiary/aromatic N) is 1. The van der Waals surface area contributed by atoms with Gasteiger partial charge in [0.15, 0.2) is 5.56 Å². The summed E-state index contributed by atoms with van der Waals surface area (Å²) in [6.07, 6.45) is 5.52. The summed E-state index contributed by atoms with van der Waals surface area (Å²) in [7, 11) is 1.26. The SMILES string of the molecule is COC(=O)c1c(NC2CCCCC2)nc(-c2ccccc2)[nH]c1=O. The molecule has 0 spiro atoms. The van der Waals surface area contributed by atoms with Gasteiger partial charge in [0.25, 0.3) is 5.56 Å². The van der Waals surface area contributed by atoms with E-state index >= 15 is 0 Å². The number of H-pyrrole nitrogens is 1. The van der Waals surface area contributed by atoms with E-state index in [0.29, 0.717) is 11.6 Å². The van der Waals surface area contributed by atoms with Crippen molar-refractivity contribution in [3.8, 4) is 11.4 Å². The molecule has 126 valence electrons. The fourth-order valence-corrected chi connectivity index (χ4v) is 3.04. The molecule has 0 bridgehead atoms. The molecule has 3 rings (SSSR count). The quantitative estimate of drug-likeness (QED) is 0.844. The third-order valence-corrected chi connectivity index (χ3v) is 4.30. The van der Waals surface area contributed by atoms with Gasteiger partial charge in [0, 0.05) is 11.6 Å². The molecule has 0 saturated heterocycles. The average Bonchev–Trinajstić information content (AvgIpc) is 2.62. The fourth-order valence-electron chi connectivity index (χ4n) is 3.04. The van der Waals surface area contributed by atoms with E-state index in [4.69, 9.17) is 4.74 Å². The molecule has 2 aromatic rings. The highest BCUT2D eigenvalue weighted by Crippen LogP contribution is 2.23. The van der Waals surface area contributed by atoms with Crippen molar-refractivity contribution in [3.63, 3.8) is 0 Å². The van der Waals surface area contributed by atoms with Crippen LogP contribution in [-0.2, 0) is 4.74 Å². The lowest BCUT2D eigenvalue weighted by Crippen LogP contribution is -2.29. The van der Waals surface area contributed by atoms with Crippen molar-refractivity contribution in [2.75, 3.05) is 12.4 Å². The van der Waals surface area contributed by atoms with E-state index in [1.165, 1.54) is 13.5 Å². The summed E-state index contributed by atoms with van der Waals surface area (Å²) in [5.74, 6) is 0.0598. The molecule has 6 heteroatoms. The Morgan fingerprint density at radius 1 is 1.21 bits per heavy atom. The van der Waals surface area contributed by atoms with E-state index in [1.807, 2.05) is 30.3 Å². The Balaban J connectivity index is 2.03. The molecule has 24 heavy (non-hydrogen) atoms. The lowest BCUT2D eigenvalue weighted by Gasteiger charge is -2.24. The Morgan fingerprint density at radius 3 is 2.58 bits per heavy atom. The number of hydrogen-bond acceptors (Lipinski definition) is 5. The number of methoxy groups -OCH3 is 1. The summed E-state index contributed by atoms with van der Waals surface area (Å²) in [6, 6.07) is 9.59. The van der Waals surface area contributed by atoms with Crippen LogP contribution in [0.4, 0.5) is 5.82 Å². The zero-order chi connectivity index (χ0) is 16.9. The molecule has 2 N–H and O–H groups in total. The minimum Gasteiger partial charge on any atom is -0.465 e. The standard InChI is InChI=1S/C18H21N3O3/c1-24-18(23)14-16(19-13-10-6-3-7-11-13)20-15(21-17(14)22)12-8-4-2-5-9-12/h2,4-5,8-9,13H,3,6-7,10-11H2,1H3,(H2,19,20,21,22). The highest BCUT2D eigenvalue weighted by Gasteiger charge is 2.23. The molecule has 6 nitrogen and oxygen atoms in total. The van der Waals surface area contributed by atoms with E-state index < -0.39 is 11.5 Å².